The third kappa shape index (κ3) is 4.85. The summed E-state index contributed by atoms with van der Waals surface area (Å²) < 4.78 is 25.8. The van der Waals surface area contributed by atoms with E-state index in [4.69, 9.17) is 20.8 Å². The first kappa shape index (κ1) is 23.6. The van der Waals surface area contributed by atoms with Crippen LogP contribution in [0.25, 0.3) is 27.7 Å². The molecule has 6 heteroatoms. The largest absolute Gasteiger partial charge is 0.493 e. The van der Waals surface area contributed by atoms with Gasteiger partial charge in [0.15, 0.2) is 0 Å². The van der Waals surface area contributed by atoms with Crippen molar-refractivity contribution in [3.8, 4) is 16.9 Å². The highest BCUT2D eigenvalue weighted by Gasteiger charge is 2.16. The molecule has 34 heavy (non-hydrogen) atoms. The molecule has 4 nitrogen and oxygen atoms in total. The molecule has 0 aliphatic heterocycles. The number of allylic oxidation sites excluding steroid dienone is 1. The minimum Gasteiger partial charge on any atom is -0.493 e. The lowest BCUT2D eigenvalue weighted by molar-refractivity contribution is -0.111. The predicted octanol–water partition coefficient (Wildman–Crippen LogP) is 7.95. The number of aryl methyl sites for hydroxylation is 2. The Balaban J connectivity index is 1.74. The number of fused-ring (bicyclic) bond motifs is 1. The normalized spacial score (nSPS) is 11.6. The van der Waals surface area contributed by atoms with Crippen LogP contribution in [0.4, 0.5) is 10.1 Å². The van der Waals surface area contributed by atoms with Crippen molar-refractivity contribution >= 4 is 39.7 Å². The van der Waals surface area contributed by atoms with Crippen LogP contribution in [0.3, 0.4) is 0 Å². The van der Waals surface area contributed by atoms with Gasteiger partial charge < -0.3 is 14.5 Å². The van der Waals surface area contributed by atoms with Gasteiger partial charge in [-0.25, -0.2) is 4.39 Å². The number of rotatable bonds is 6. The molecule has 0 bridgehead atoms. The van der Waals surface area contributed by atoms with Gasteiger partial charge in [0.05, 0.1) is 18.6 Å². The molecule has 174 valence electrons. The summed E-state index contributed by atoms with van der Waals surface area (Å²) in [5, 5.41) is 3.74. The zero-order valence-electron chi connectivity index (χ0n) is 19.5. The van der Waals surface area contributed by atoms with Crippen molar-refractivity contribution in [3.05, 3.63) is 88.4 Å². The monoisotopic (exact) mass is 477 g/mol. The number of hydrogen-bond donors (Lipinski definition) is 1. The third-order valence-corrected chi connectivity index (χ3v) is 5.84. The summed E-state index contributed by atoms with van der Waals surface area (Å²) in [5.74, 6) is -0.446. The minimum absolute atomic E-state index is 0.0610. The van der Waals surface area contributed by atoms with Gasteiger partial charge in [-0.05, 0) is 68.7 Å². The summed E-state index contributed by atoms with van der Waals surface area (Å²) >= 11 is 5.79. The van der Waals surface area contributed by atoms with Crippen molar-refractivity contribution in [3.63, 3.8) is 0 Å². The molecule has 0 unspecified atom stereocenters. The maximum atomic E-state index is 14.1. The summed E-state index contributed by atoms with van der Waals surface area (Å²) in [6.45, 7) is 8.30. The van der Waals surface area contributed by atoms with Gasteiger partial charge in [-0.1, -0.05) is 35.4 Å². The Labute approximate surface area is 203 Å². The Bertz CT molecular complexity index is 1420. The molecule has 0 aliphatic rings. The summed E-state index contributed by atoms with van der Waals surface area (Å²) in [7, 11) is 0. The molecule has 4 rings (SSSR count). The molecule has 0 atom stereocenters. The molecule has 0 radical (unpaired) electrons. The van der Waals surface area contributed by atoms with E-state index in [-0.39, 0.29) is 10.7 Å². The molecule has 1 amide bonds. The van der Waals surface area contributed by atoms with Crippen molar-refractivity contribution in [1.82, 2.24) is 0 Å². The number of ether oxygens (including phenoxy) is 1. The highest BCUT2D eigenvalue weighted by molar-refractivity contribution is 6.30. The molecule has 3 aromatic carbocycles. The van der Waals surface area contributed by atoms with Crippen molar-refractivity contribution < 1.29 is 18.3 Å². The van der Waals surface area contributed by atoms with Gasteiger partial charge in [0.1, 0.15) is 17.1 Å². The first-order valence-corrected chi connectivity index (χ1v) is 11.3. The Morgan fingerprint density at radius 1 is 1.12 bits per heavy atom. The summed E-state index contributed by atoms with van der Waals surface area (Å²) in [5.41, 5.74) is 6.58. The first-order valence-electron chi connectivity index (χ1n) is 11.0. The first-order chi connectivity index (χ1) is 16.3. The van der Waals surface area contributed by atoms with Crippen molar-refractivity contribution in [2.75, 3.05) is 11.9 Å². The molecule has 0 aliphatic carbocycles. The van der Waals surface area contributed by atoms with Gasteiger partial charge in [-0.3, -0.25) is 4.79 Å². The molecule has 4 aromatic rings. The van der Waals surface area contributed by atoms with Gasteiger partial charge in [0.2, 0.25) is 5.91 Å². The van der Waals surface area contributed by atoms with Crippen LogP contribution >= 0.6 is 11.6 Å². The molecule has 0 saturated heterocycles. The minimum atomic E-state index is -0.597. The lowest BCUT2D eigenvalue weighted by Gasteiger charge is -2.12. The second-order valence-corrected chi connectivity index (χ2v) is 8.62. The van der Waals surface area contributed by atoms with E-state index in [1.165, 1.54) is 23.8 Å². The maximum absolute atomic E-state index is 14.1. The molecule has 0 spiro atoms. The smallest absolute Gasteiger partial charge is 0.248 e. The molecule has 0 fully saturated rings. The summed E-state index contributed by atoms with van der Waals surface area (Å²) in [6, 6.07) is 14.2. The zero-order valence-corrected chi connectivity index (χ0v) is 20.2. The average Bonchev–Trinajstić information content (AvgIpc) is 3.18. The van der Waals surface area contributed by atoms with E-state index < -0.39 is 11.7 Å². The van der Waals surface area contributed by atoms with Crippen LogP contribution in [-0.4, -0.2) is 12.5 Å². The number of carbonyl (C=O) groups excluding carboxylic acids is 1. The van der Waals surface area contributed by atoms with Gasteiger partial charge in [0.25, 0.3) is 0 Å². The van der Waals surface area contributed by atoms with Gasteiger partial charge >= 0.3 is 0 Å². The summed E-state index contributed by atoms with van der Waals surface area (Å²) in [6.07, 6.45) is 3.17. The van der Waals surface area contributed by atoms with E-state index in [0.717, 1.165) is 33.7 Å². The third-order valence-electron chi connectivity index (χ3n) is 5.61. The van der Waals surface area contributed by atoms with Crippen LogP contribution in [0.2, 0.25) is 5.02 Å². The van der Waals surface area contributed by atoms with Crippen LogP contribution in [0.1, 0.15) is 30.5 Å². The van der Waals surface area contributed by atoms with E-state index in [9.17, 15) is 9.18 Å². The lowest BCUT2D eigenvalue weighted by atomic mass is 9.96. The number of halogens is 2. The van der Waals surface area contributed by atoms with Crippen LogP contribution in [-0.2, 0) is 4.79 Å². The van der Waals surface area contributed by atoms with Crippen molar-refractivity contribution in [2.45, 2.75) is 27.7 Å². The molecule has 1 heterocycles. The summed E-state index contributed by atoms with van der Waals surface area (Å²) in [4.78, 5) is 12.6. The highest BCUT2D eigenvalue weighted by Crippen LogP contribution is 2.38. The van der Waals surface area contributed by atoms with E-state index in [1.54, 1.807) is 6.26 Å². The molecule has 0 saturated carbocycles. The molecular formula is C28H25ClFNO3. The zero-order chi connectivity index (χ0) is 24.4. The Morgan fingerprint density at radius 3 is 2.62 bits per heavy atom. The Hall–Kier alpha value is -3.57. The second-order valence-electron chi connectivity index (χ2n) is 8.19. The number of hydrogen-bond acceptors (Lipinski definition) is 3. The predicted molar refractivity (Wildman–Crippen MR) is 136 cm³/mol. The number of anilines is 1. The van der Waals surface area contributed by atoms with Crippen molar-refractivity contribution in [1.29, 1.82) is 0 Å². The number of amides is 1. The van der Waals surface area contributed by atoms with Gasteiger partial charge in [-0.15, -0.1) is 0 Å². The fourth-order valence-electron chi connectivity index (χ4n) is 4.00. The van der Waals surface area contributed by atoms with Crippen LogP contribution in [0.5, 0.6) is 5.75 Å². The van der Waals surface area contributed by atoms with E-state index >= 15 is 0 Å². The van der Waals surface area contributed by atoms with Crippen LogP contribution in [0, 0.1) is 19.7 Å². The molecule has 1 aromatic heterocycles. The SMILES string of the molecule is CCOc1cc2occ(-c3ccc(C)cc3C)c2cc1/C(C)=C/C(=O)Nc1ccc(Cl)cc1F. The standard InChI is InChI=1S/C28H25ClFNO3/c1-5-33-26-14-27-22(23(15-34-27)20-8-6-16(2)10-17(20)3)13-21(26)18(4)11-28(32)31-25-9-7-19(29)12-24(25)30/h6-15H,5H2,1-4H3,(H,31,32)/b18-11+. The van der Waals surface area contributed by atoms with E-state index in [2.05, 4.69) is 37.4 Å². The topological polar surface area (TPSA) is 51.5 Å². The Morgan fingerprint density at radius 2 is 1.91 bits per heavy atom. The number of furan rings is 1. The molecule has 1 N–H and O–H groups in total. The van der Waals surface area contributed by atoms with Gasteiger partial charge in [-0.2, -0.15) is 0 Å². The van der Waals surface area contributed by atoms with Crippen molar-refractivity contribution in [2.24, 2.45) is 0 Å². The highest BCUT2D eigenvalue weighted by atomic mass is 35.5. The van der Waals surface area contributed by atoms with E-state index in [1.807, 2.05) is 26.0 Å². The lowest BCUT2D eigenvalue weighted by Crippen LogP contribution is -2.10. The van der Waals surface area contributed by atoms with E-state index in [0.29, 0.717) is 23.5 Å². The van der Waals surface area contributed by atoms with Gasteiger partial charge in [0, 0.05) is 33.7 Å². The second kappa shape index (κ2) is 9.74. The molecular weight excluding hydrogens is 453 g/mol. The number of carbonyl (C=O) groups is 1. The van der Waals surface area contributed by atoms with Crippen LogP contribution < -0.4 is 10.1 Å². The fourth-order valence-corrected chi connectivity index (χ4v) is 4.16. The average molecular weight is 478 g/mol. The Kier molecular flexibility index (Phi) is 6.75. The fraction of sp³-hybridized carbons (Fsp3) is 0.179. The maximum Gasteiger partial charge on any atom is 0.248 e. The number of benzene rings is 3. The van der Waals surface area contributed by atoms with Crippen LogP contribution in [0.15, 0.2) is 65.3 Å². The quantitative estimate of drug-likeness (QED) is 0.287. The number of nitrogens with one attached hydrogen (secondary N) is 1.